The third kappa shape index (κ3) is 2.59. The van der Waals surface area contributed by atoms with E-state index in [-0.39, 0.29) is 24.0 Å². The molecule has 2 fully saturated rings. The Hall–Kier alpha value is -1.59. The van der Waals surface area contributed by atoms with Crippen LogP contribution in [0.4, 0.5) is 0 Å². The van der Waals surface area contributed by atoms with Crippen molar-refractivity contribution in [2.75, 3.05) is 27.4 Å². The topological polar surface area (TPSA) is 56.8 Å². The quantitative estimate of drug-likeness (QED) is 0.901. The van der Waals surface area contributed by atoms with E-state index in [1.807, 2.05) is 25.1 Å². The highest BCUT2D eigenvalue weighted by atomic mass is 16.5. The Morgan fingerprint density at radius 3 is 2.91 bits per heavy atom. The van der Waals surface area contributed by atoms with Crippen LogP contribution in [0.5, 0.6) is 5.75 Å². The molecule has 1 aromatic rings. The van der Waals surface area contributed by atoms with E-state index in [0.29, 0.717) is 18.1 Å². The van der Waals surface area contributed by atoms with E-state index in [1.54, 1.807) is 14.2 Å². The first kappa shape index (κ1) is 15.3. The summed E-state index contributed by atoms with van der Waals surface area (Å²) in [6.45, 7) is 3.32. The van der Waals surface area contributed by atoms with Crippen LogP contribution < -0.4 is 10.1 Å². The van der Waals surface area contributed by atoms with Crippen molar-refractivity contribution in [3.8, 4) is 5.75 Å². The molecule has 5 heteroatoms. The van der Waals surface area contributed by atoms with Gasteiger partial charge in [0.05, 0.1) is 19.8 Å². The molecule has 2 aliphatic rings. The monoisotopic (exact) mass is 305 g/mol. The second kappa shape index (κ2) is 6.26. The zero-order chi connectivity index (χ0) is 15.7. The lowest BCUT2D eigenvalue weighted by Gasteiger charge is -2.47. The van der Waals surface area contributed by atoms with E-state index in [9.17, 15) is 4.79 Å². The summed E-state index contributed by atoms with van der Waals surface area (Å²) in [5.74, 6) is 1.40. The number of ether oxygens (including phenoxy) is 3. The Balaban J connectivity index is 1.71. The van der Waals surface area contributed by atoms with Gasteiger partial charge in [-0.05, 0) is 37.1 Å². The van der Waals surface area contributed by atoms with Crippen LogP contribution in [-0.4, -0.2) is 45.5 Å². The molecule has 5 nitrogen and oxygen atoms in total. The molecule has 4 atom stereocenters. The summed E-state index contributed by atoms with van der Waals surface area (Å²) >= 11 is 0. The lowest BCUT2D eigenvalue weighted by Crippen LogP contribution is -2.62. The van der Waals surface area contributed by atoms with Gasteiger partial charge in [0, 0.05) is 37.2 Å². The maximum Gasteiger partial charge on any atom is 0.251 e. The summed E-state index contributed by atoms with van der Waals surface area (Å²) in [6.07, 6.45) is 1.25. The highest BCUT2D eigenvalue weighted by Gasteiger charge is 2.54. The van der Waals surface area contributed by atoms with Crippen molar-refractivity contribution < 1.29 is 19.0 Å². The lowest BCUT2D eigenvalue weighted by molar-refractivity contribution is -0.0809. The molecular formula is C17H23NO4. The Morgan fingerprint density at radius 2 is 2.23 bits per heavy atom. The summed E-state index contributed by atoms with van der Waals surface area (Å²) in [5.41, 5.74) is 1.61. The number of fused-ring (bicyclic) bond motifs is 1. The van der Waals surface area contributed by atoms with Gasteiger partial charge in [-0.1, -0.05) is 0 Å². The molecule has 22 heavy (non-hydrogen) atoms. The summed E-state index contributed by atoms with van der Waals surface area (Å²) in [6, 6.07) is 5.65. The van der Waals surface area contributed by atoms with Crippen molar-refractivity contribution in [1.29, 1.82) is 0 Å². The number of amides is 1. The minimum absolute atomic E-state index is 0.0309. The molecular weight excluding hydrogens is 282 g/mol. The predicted octanol–water partition coefficient (Wildman–Crippen LogP) is 1.78. The maximum absolute atomic E-state index is 12.6. The molecule has 0 radical (unpaired) electrons. The Labute approximate surface area is 130 Å². The lowest BCUT2D eigenvalue weighted by atomic mass is 9.67. The molecule has 1 saturated carbocycles. The number of carbonyl (C=O) groups is 1. The number of methoxy groups -OCH3 is 2. The summed E-state index contributed by atoms with van der Waals surface area (Å²) < 4.78 is 16.2. The standard InChI is InChI=1S/C17H23NO4/c1-10-8-11(21-3)4-5-12(10)17(19)18-15-13-6-7-22-16(13)14(15)9-20-2/h4-5,8,13-16H,6-7,9H2,1-3H3,(H,18,19)/t13-,14+,15+,16-/m1/s1. The largest absolute Gasteiger partial charge is 0.497 e. The fraction of sp³-hybridized carbons (Fsp3) is 0.588. The van der Waals surface area contributed by atoms with Crippen molar-refractivity contribution in [2.45, 2.75) is 25.5 Å². The van der Waals surface area contributed by atoms with Crippen molar-refractivity contribution in [2.24, 2.45) is 11.8 Å². The highest BCUT2D eigenvalue weighted by molar-refractivity contribution is 5.96. The second-order valence-electron chi connectivity index (χ2n) is 6.09. The smallest absolute Gasteiger partial charge is 0.251 e. The SMILES string of the molecule is COC[C@H]1[C@@H](NC(=O)c2ccc(OC)cc2C)[C@H]2CCO[C@H]21. The number of aryl methyl sites for hydroxylation is 1. The maximum atomic E-state index is 12.6. The van der Waals surface area contributed by atoms with Crippen LogP contribution in [0.2, 0.25) is 0 Å². The van der Waals surface area contributed by atoms with Gasteiger partial charge in [0.1, 0.15) is 5.75 Å². The van der Waals surface area contributed by atoms with E-state index in [4.69, 9.17) is 14.2 Å². The average molecular weight is 305 g/mol. The number of rotatable bonds is 5. The number of hydrogen-bond donors (Lipinski definition) is 1. The van der Waals surface area contributed by atoms with Gasteiger partial charge < -0.3 is 19.5 Å². The van der Waals surface area contributed by atoms with Gasteiger partial charge in [-0.15, -0.1) is 0 Å². The van der Waals surface area contributed by atoms with E-state index < -0.39 is 0 Å². The van der Waals surface area contributed by atoms with Crippen LogP contribution in [0.15, 0.2) is 18.2 Å². The normalized spacial score (nSPS) is 29.6. The van der Waals surface area contributed by atoms with Crippen LogP contribution in [0.25, 0.3) is 0 Å². The fourth-order valence-electron chi connectivity index (χ4n) is 3.68. The van der Waals surface area contributed by atoms with Gasteiger partial charge >= 0.3 is 0 Å². The molecule has 0 aromatic heterocycles. The van der Waals surface area contributed by atoms with E-state index in [2.05, 4.69) is 5.32 Å². The minimum Gasteiger partial charge on any atom is -0.497 e. The third-order valence-corrected chi connectivity index (χ3v) is 4.86. The first-order chi connectivity index (χ1) is 10.7. The molecule has 1 aromatic carbocycles. The molecule has 120 valence electrons. The Kier molecular flexibility index (Phi) is 4.36. The molecule has 1 amide bonds. The van der Waals surface area contributed by atoms with Gasteiger partial charge in [-0.3, -0.25) is 4.79 Å². The first-order valence-electron chi connectivity index (χ1n) is 7.71. The number of nitrogens with one attached hydrogen (secondary N) is 1. The number of carbonyl (C=O) groups excluding carboxylic acids is 1. The van der Waals surface area contributed by atoms with Gasteiger partial charge in [0.25, 0.3) is 5.91 Å². The first-order valence-corrected chi connectivity index (χ1v) is 7.71. The van der Waals surface area contributed by atoms with E-state index in [0.717, 1.165) is 24.3 Å². The second-order valence-corrected chi connectivity index (χ2v) is 6.09. The molecule has 1 N–H and O–H groups in total. The molecule has 1 aliphatic heterocycles. The van der Waals surface area contributed by atoms with Crippen molar-refractivity contribution >= 4 is 5.91 Å². The van der Waals surface area contributed by atoms with Crippen LogP contribution in [0.3, 0.4) is 0 Å². The van der Waals surface area contributed by atoms with Gasteiger partial charge in [0.2, 0.25) is 0 Å². The van der Waals surface area contributed by atoms with Crippen molar-refractivity contribution in [3.63, 3.8) is 0 Å². The van der Waals surface area contributed by atoms with Gasteiger partial charge in [0.15, 0.2) is 0 Å². The Morgan fingerprint density at radius 1 is 1.41 bits per heavy atom. The van der Waals surface area contributed by atoms with E-state index >= 15 is 0 Å². The Bertz CT molecular complexity index is 560. The van der Waals surface area contributed by atoms with Crippen molar-refractivity contribution in [3.05, 3.63) is 29.3 Å². The van der Waals surface area contributed by atoms with Crippen LogP contribution >= 0.6 is 0 Å². The number of benzene rings is 1. The fourth-order valence-corrected chi connectivity index (χ4v) is 3.68. The van der Waals surface area contributed by atoms with Crippen molar-refractivity contribution in [1.82, 2.24) is 5.32 Å². The minimum atomic E-state index is -0.0309. The highest BCUT2D eigenvalue weighted by Crippen LogP contribution is 2.43. The third-order valence-electron chi connectivity index (χ3n) is 4.86. The van der Waals surface area contributed by atoms with Gasteiger partial charge in [-0.2, -0.15) is 0 Å². The molecule has 0 spiro atoms. The van der Waals surface area contributed by atoms with Crippen LogP contribution in [-0.2, 0) is 9.47 Å². The zero-order valence-corrected chi connectivity index (χ0v) is 13.3. The molecule has 0 unspecified atom stereocenters. The number of hydrogen-bond acceptors (Lipinski definition) is 4. The molecule has 1 heterocycles. The zero-order valence-electron chi connectivity index (χ0n) is 13.3. The molecule has 1 aliphatic carbocycles. The molecule has 1 saturated heterocycles. The van der Waals surface area contributed by atoms with Gasteiger partial charge in [-0.25, -0.2) is 0 Å². The molecule has 3 rings (SSSR count). The van der Waals surface area contributed by atoms with E-state index in [1.165, 1.54) is 0 Å². The predicted molar refractivity (Wildman–Crippen MR) is 82.2 cm³/mol. The van der Waals surface area contributed by atoms with Crippen LogP contribution in [0, 0.1) is 18.8 Å². The average Bonchev–Trinajstić information content (AvgIpc) is 2.94. The summed E-state index contributed by atoms with van der Waals surface area (Å²) in [4.78, 5) is 12.6. The van der Waals surface area contributed by atoms with Crippen LogP contribution in [0.1, 0.15) is 22.3 Å². The summed E-state index contributed by atoms with van der Waals surface area (Å²) in [7, 11) is 3.31. The molecule has 0 bridgehead atoms. The summed E-state index contributed by atoms with van der Waals surface area (Å²) in [5, 5.41) is 3.18.